The van der Waals surface area contributed by atoms with Crippen molar-refractivity contribution in [1.82, 2.24) is 0 Å². The molecule has 0 radical (unpaired) electrons. The van der Waals surface area contributed by atoms with Gasteiger partial charge in [-0.15, -0.1) is 0 Å². The molecule has 0 heterocycles. The first kappa shape index (κ1) is 32.0. The lowest BCUT2D eigenvalue weighted by molar-refractivity contribution is 0.130. The third-order valence-corrected chi connectivity index (χ3v) is 5.47. The van der Waals surface area contributed by atoms with Crippen LogP contribution in [-0.4, -0.2) is 32.8 Å². The fourth-order valence-electron chi connectivity index (χ4n) is 3.05. The highest BCUT2D eigenvalue weighted by Crippen LogP contribution is 2.26. The molecular formula is C26H59N3O. The molecule has 0 unspecified atom stereocenters. The van der Waals surface area contributed by atoms with Gasteiger partial charge in [-0.3, -0.25) is 0 Å². The van der Waals surface area contributed by atoms with Crippen LogP contribution < -0.4 is 17.2 Å². The van der Waals surface area contributed by atoms with Crippen LogP contribution in [0.3, 0.4) is 0 Å². The van der Waals surface area contributed by atoms with E-state index in [4.69, 9.17) is 21.9 Å². The first-order chi connectivity index (χ1) is 14.8. The molecule has 0 bridgehead atoms. The molecule has 0 amide bonds. The van der Waals surface area contributed by atoms with Gasteiger partial charge in [0.05, 0.1) is 0 Å². The Labute approximate surface area is 190 Å². The van der Waals surface area contributed by atoms with Gasteiger partial charge in [-0.25, -0.2) is 0 Å². The third kappa shape index (κ3) is 35.3. The lowest BCUT2D eigenvalue weighted by atomic mass is 10.0. The van der Waals surface area contributed by atoms with Gasteiger partial charge in [0.2, 0.25) is 0 Å². The Balaban J connectivity index is 0. The van der Waals surface area contributed by atoms with Crippen molar-refractivity contribution in [3.63, 3.8) is 0 Å². The van der Waals surface area contributed by atoms with Crippen molar-refractivity contribution >= 4 is 0 Å². The topological polar surface area (TPSA) is 87.3 Å². The molecule has 1 aliphatic rings. The van der Waals surface area contributed by atoms with Crippen molar-refractivity contribution in [2.24, 2.45) is 23.1 Å². The molecule has 0 atom stereocenters. The van der Waals surface area contributed by atoms with Crippen molar-refractivity contribution in [3.05, 3.63) is 0 Å². The van der Waals surface area contributed by atoms with E-state index in [2.05, 4.69) is 13.8 Å². The van der Waals surface area contributed by atoms with Crippen molar-refractivity contribution in [3.8, 4) is 0 Å². The van der Waals surface area contributed by atoms with E-state index in [1.807, 2.05) is 0 Å². The quantitative estimate of drug-likeness (QED) is 0.192. The van der Waals surface area contributed by atoms with E-state index in [9.17, 15) is 0 Å². The second-order valence-electron chi connectivity index (χ2n) is 8.82. The van der Waals surface area contributed by atoms with Gasteiger partial charge in [0.15, 0.2) is 0 Å². The lowest BCUT2D eigenvalue weighted by Gasteiger charge is -2.02. The summed E-state index contributed by atoms with van der Waals surface area (Å²) in [4.78, 5) is 0. The molecule has 0 aromatic carbocycles. The Morgan fingerprint density at radius 3 is 1.27 bits per heavy atom. The summed E-state index contributed by atoms with van der Waals surface area (Å²) in [6, 6.07) is 0. The highest BCUT2D eigenvalue weighted by atomic mass is 16.5. The van der Waals surface area contributed by atoms with E-state index >= 15 is 0 Å². The fraction of sp³-hybridized carbons (Fsp3) is 1.00. The molecule has 1 aliphatic carbocycles. The molecule has 1 fully saturated rings. The maximum atomic E-state index is 5.46. The average Bonchev–Trinajstić information content (AvgIpc) is 3.60. The largest absolute Gasteiger partial charge is 0.381 e. The number of nitrogens with two attached hydrogens (primary N) is 3. The van der Waals surface area contributed by atoms with Gasteiger partial charge >= 0.3 is 0 Å². The number of rotatable bonds is 20. The van der Waals surface area contributed by atoms with E-state index in [0.717, 1.165) is 45.2 Å². The minimum absolute atomic E-state index is 0.742. The Morgan fingerprint density at radius 2 is 0.933 bits per heavy atom. The molecule has 30 heavy (non-hydrogen) atoms. The minimum atomic E-state index is 0.742. The predicted octanol–water partition coefficient (Wildman–Crippen LogP) is 6.54. The summed E-state index contributed by atoms with van der Waals surface area (Å²) in [7, 11) is 0. The molecule has 4 nitrogen and oxygen atoms in total. The number of ether oxygens (including phenoxy) is 1. The van der Waals surface area contributed by atoms with E-state index in [0.29, 0.717) is 0 Å². The van der Waals surface area contributed by atoms with Crippen molar-refractivity contribution < 1.29 is 4.74 Å². The zero-order valence-corrected chi connectivity index (χ0v) is 21.0. The Bertz CT molecular complexity index is 253. The fourth-order valence-corrected chi connectivity index (χ4v) is 3.05. The molecule has 0 aliphatic heterocycles. The van der Waals surface area contributed by atoms with Gasteiger partial charge in [0.25, 0.3) is 0 Å². The molecule has 1 rings (SSSR count). The molecular weight excluding hydrogens is 370 g/mol. The van der Waals surface area contributed by atoms with Crippen LogP contribution in [0, 0.1) is 5.92 Å². The molecule has 184 valence electrons. The van der Waals surface area contributed by atoms with E-state index < -0.39 is 0 Å². The molecule has 6 N–H and O–H groups in total. The van der Waals surface area contributed by atoms with Crippen molar-refractivity contribution in [2.45, 2.75) is 129 Å². The van der Waals surface area contributed by atoms with E-state index in [1.54, 1.807) is 0 Å². The van der Waals surface area contributed by atoms with Gasteiger partial charge in [-0.05, 0) is 57.7 Å². The van der Waals surface area contributed by atoms with Crippen LogP contribution in [0.2, 0.25) is 0 Å². The number of hydrogen-bond donors (Lipinski definition) is 3. The lowest BCUT2D eigenvalue weighted by Crippen LogP contribution is -2.04. The average molecular weight is 430 g/mol. The van der Waals surface area contributed by atoms with Crippen LogP contribution in [0.1, 0.15) is 129 Å². The normalized spacial score (nSPS) is 12.7. The molecule has 0 aromatic heterocycles. The molecule has 0 spiro atoms. The Hall–Kier alpha value is -0.160. The number of hydrogen-bond acceptors (Lipinski definition) is 4. The van der Waals surface area contributed by atoms with Crippen LogP contribution >= 0.6 is 0 Å². The summed E-state index contributed by atoms with van der Waals surface area (Å²) in [6.45, 7) is 8.70. The van der Waals surface area contributed by atoms with Gasteiger partial charge in [-0.2, -0.15) is 0 Å². The smallest absolute Gasteiger partial charge is 0.0478 e. The number of unbranched alkanes of at least 4 members (excludes halogenated alkanes) is 13. The monoisotopic (exact) mass is 429 g/mol. The van der Waals surface area contributed by atoms with Gasteiger partial charge in [0.1, 0.15) is 0 Å². The zero-order valence-electron chi connectivity index (χ0n) is 21.0. The highest BCUT2D eigenvalue weighted by Gasteiger charge is 2.17. The molecule has 1 saturated carbocycles. The van der Waals surface area contributed by atoms with Crippen molar-refractivity contribution in [2.75, 3.05) is 32.8 Å². The maximum absolute atomic E-state index is 5.46. The predicted molar refractivity (Wildman–Crippen MR) is 136 cm³/mol. The molecule has 0 saturated heterocycles. The highest BCUT2D eigenvalue weighted by molar-refractivity contribution is 4.72. The summed E-state index contributed by atoms with van der Waals surface area (Å²) < 4.78 is 5.23. The second kappa shape index (κ2) is 31.0. The van der Waals surface area contributed by atoms with Gasteiger partial charge < -0.3 is 21.9 Å². The van der Waals surface area contributed by atoms with E-state index in [1.165, 1.54) is 109 Å². The summed E-state index contributed by atoms with van der Waals surface area (Å²) in [5.41, 5.74) is 16.0. The van der Waals surface area contributed by atoms with Gasteiger partial charge in [-0.1, -0.05) is 97.3 Å². The summed E-state index contributed by atoms with van der Waals surface area (Å²) in [5, 5.41) is 0. The Kier molecular flexibility index (Phi) is 33.1. The SMILES string of the molecule is CCCCCCCCCCCCCCCN.CCCCOCCCN.NCC1CC1. The van der Waals surface area contributed by atoms with Gasteiger partial charge in [0, 0.05) is 13.2 Å². The summed E-state index contributed by atoms with van der Waals surface area (Å²) >= 11 is 0. The van der Waals surface area contributed by atoms with Crippen LogP contribution in [0.15, 0.2) is 0 Å². The Morgan fingerprint density at radius 1 is 0.533 bits per heavy atom. The first-order valence-corrected chi connectivity index (χ1v) is 13.4. The minimum Gasteiger partial charge on any atom is -0.381 e. The third-order valence-electron chi connectivity index (χ3n) is 5.47. The van der Waals surface area contributed by atoms with Crippen LogP contribution in [-0.2, 0) is 4.74 Å². The molecule has 0 aromatic rings. The summed E-state index contributed by atoms with van der Waals surface area (Å²) in [5.74, 6) is 0.912. The first-order valence-electron chi connectivity index (χ1n) is 13.4. The van der Waals surface area contributed by atoms with E-state index in [-0.39, 0.29) is 0 Å². The van der Waals surface area contributed by atoms with Crippen molar-refractivity contribution in [1.29, 1.82) is 0 Å². The van der Waals surface area contributed by atoms with Crippen LogP contribution in [0.4, 0.5) is 0 Å². The standard InChI is InChI=1S/C15H33N.C7H17NO.C4H9N/c1-2-3-4-5-6-7-8-9-10-11-12-13-14-15-16;1-2-3-6-9-7-4-5-8;5-3-4-1-2-4/h2-16H2,1H3;2-8H2,1H3;4H,1-3,5H2. The maximum Gasteiger partial charge on any atom is 0.0478 e. The second-order valence-corrected chi connectivity index (χ2v) is 8.82. The summed E-state index contributed by atoms with van der Waals surface area (Å²) in [6.07, 6.45) is 24.5. The molecule has 4 heteroatoms. The van der Waals surface area contributed by atoms with Crippen LogP contribution in [0.5, 0.6) is 0 Å². The van der Waals surface area contributed by atoms with Crippen LogP contribution in [0.25, 0.3) is 0 Å². The zero-order chi connectivity index (χ0) is 22.5.